The zero-order chi connectivity index (χ0) is 11.3. The standard InChI is InChI=1S/C11H23N3O.ClH/c1-3-5-13-10(15)7-14-6-4-11(2,8-12)9-14;/h3-9,12H2,1-2H3,(H,13,15);1H. The maximum absolute atomic E-state index is 11.5. The van der Waals surface area contributed by atoms with E-state index in [1.54, 1.807) is 0 Å². The molecule has 0 aromatic heterocycles. The molecule has 0 aromatic carbocycles. The van der Waals surface area contributed by atoms with E-state index in [0.29, 0.717) is 13.1 Å². The first-order valence-electron chi connectivity index (χ1n) is 5.79. The number of halogens is 1. The Morgan fingerprint density at radius 2 is 2.25 bits per heavy atom. The van der Waals surface area contributed by atoms with E-state index in [0.717, 1.165) is 32.5 Å². The number of hydrogen-bond acceptors (Lipinski definition) is 3. The van der Waals surface area contributed by atoms with Crippen LogP contribution in [0.3, 0.4) is 0 Å². The highest BCUT2D eigenvalue weighted by Crippen LogP contribution is 2.27. The van der Waals surface area contributed by atoms with E-state index in [1.165, 1.54) is 0 Å². The van der Waals surface area contributed by atoms with Gasteiger partial charge in [0.1, 0.15) is 0 Å². The minimum absolute atomic E-state index is 0. The summed E-state index contributed by atoms with van der Waals surface area (Å²) in [5.74, 6) is 0.137. The molecule has 3 N–H and O–H groups in total. The molecular weight excluding hydrogens is 226 g/mol. The van der Waals surface area contributed by atoms with Crippen molar-refractivity contribution in [2.24, 2.45) is 11.1 Å². The molecule has 1 aliphatic heterocycles. The van der Waals surface area contributed by atoms with Crippen LogP contribution in [-0.2, 0) is 4.79 Å². The van der Waals surface area contributed by atoms with E-state index in [-0.39, 0.29) is 23.7 Å². The molecule has 0 bridgehead atoms. The van der Waals surface area contributed by atoms with Crippen molar-refractivity contribution in [2.75, 3.05) is 32.7 Å². The Balaban J connectivity index is 0.00000225. The second kappa shape index (κ2) is 7.09. The van der Waals surface area contributed by atoms with Gasteiger partial charge in [-0.3, -0.25) is 9.69 Å². The first-order valence-corrected chi connectivity index (χ1v) is 5.79. The van der Waals surface area contributed by atoms with Crippen molar-refractivity contribution in [1.82, 2.24) is 10.2 Å². The molecule has 96 valence electrons. The van der Waals surface area contributed by atoms with Gasteiger partial charge in [-0.2, -0.15) is 0 Å². The van der Waals surface area contributed by atoms with Gasteiger partial charge in [-0.1, -0.05) is 13.8 Å². The van der Waals surface area contributed by atoms with Gasteiger partial charge in [-0.05, 0) is 31.3 Å². The van der Waals surface area contributed by atoms with Crippen molar-refractivity contribution in [3.63, 3.8) is 0 Å². The van der Waals surface area contributed by atoms with Gasteiger partial charge in [-0.15, -0.1) is 12.4 Å². The molecule has 4 nitrogen and oxygen atoms in total. The van der Waals surface area contributed by atoms with Gasteiger partial charge in [-0.25, -0.2) is 0 Å². The zero-order valence-corrected chi connectivity index (χ0v) is 11.1. The van der Waals surface area contributed by atoms with E-state index < -0.39 is 0 Å². The summed E-state index contributed by atoms with van der Waals surface area (Å²) in [6.45, 7) is 8.20. The fraction of sp³-hybridized carbons (Fsp3) is 0.909. The van der Waals surface area contributed by atoms with Crippen LogP contribution < -0.4 is 11.1 Å². The first kappa shape index (κ1) is 15.7. The molecule has 0 aliphatic carbocycles. The average Bonchev–Trinajstić information content (AvgIpc) is 2.58. The van der Waals surface area contributed by atoms with Gasteiger partial charge < -0.3 is 11.1 Å². The molecule has 0 saturated carbocycles. The normalized spacial score (nSPS) is 25.2. The van der Waals surface area contributed by atoms with E-state index in [4.69, 9.17) is 5.73 Å². The SMILES string of the molecule is CCCNC(=O)CN1CCC(C)(CN)C1.Cl. The molecule has 5 heteroatoms. The number of likely N-dealkylation sites (tertiary alicyclic amines) is 1. The van der Waals surface area contributed by atoms with Crippen molar-refractivity contribution in [2.45, 2.75) is 26.7 Å². The fourth-order valence-electron chi connectivity index (χ4n) is 1.95. The molecule has 1 heterocycles. The third kappa shape index (κ3) is 4.68. The second-order valence-corrected chi connectivity index (χ2v) is 4.83. The highest BCUT2D eigenvalue weighted by atomic mass is 35.5. The highest BCUT2D eigenvalue weighted by Gasteiger charge is 2.32. The number of hydrogen-bond donors (Lipinski definition) is 2. The van der Waals surface area contributed by atoms with Gasteiger partial charge in [0.25, 0.3) is 0 Å². The Morgan fingerprint density at radius 1 is 1.56 bits per heavy atom. The molecule has 0 aromatic rings. The molecule has 1 rings (SSSR count). The van der Waals surface area contributed by atoms with E-state index in [1.807, 2.05) is 0 Å². The lowest BCUT2D eigenvalue weighted by Crippen LogP contribution is -2.38. The quantitative estimate of drug-likeness (QED) is 0.751. The van der Waals surface area contributed by atoms with Gasteiger partial charge in [0.15, 0.2) is 0 Å². The molecule has 1 fully saturated rings. The van der Waals surface area contributed by atoms with Gasteiger partial charge in [0.05, 0.1) is 6.54 Å². The molecule has 1 aliphatic rings. The highest BCUT2D eigenvalue weighted by molar-refractivity contribution is 5.85. The molecule has 0 radical (unpaired) electrons. The van der Waals surface area contributed by atoms with Crippen LogP contribution in [0.15, 0.2) is 0 Å². The smallest absolute Gasteiger partial charge is 0.234 e. The van der Waals surface area contributed by atoms with E-state index >= 15 is 0 Å². The molecule has 1 atom stereocenters. The van der Waals surface area contributed by atoms with Crippen LogP contribution in [0, 0.1) is 5.41 Å². The molecular formula is C11H24ClN3O. The van der Waals surface area contributed by atoms with Crippen LogP contribution in [0.2, 0.25) is 0 Å². The predicted octanol–water partition coefficient (Wildman–Crippen LogP) is 0.605. The number of nitrogens with one attached hydrogen (secondary N) is 1. The molecule has 16 heavy (non-hydrogen) atoms. The summed E-state index contributed by atoms with van der Waals surface area (Å²) in [6.07, 6.45) is 2.09. The minimum atomic E-state index is 0. The summed E-state index contributed by atoms with van der Waals surface area (Å²) in [7, 11) is 0. The third-order valence-corrected chi connectivity index (χ3v) is 3.07. The van der Waals surface area contributed by atoms with Crippen LogP contribution in [0.25, 0.3) is 0 Å². The summed E-state index contributed by atoms with van der Waals surface area (Å²) in [5, 5.41) is 2.89. The first-order chi connectivity index (χ1) is 7.09. The minimum Gasteiger partial charge on any atom is -0.355 e. The van der Waals surface area contributed by atoms with Gasteiger partial charge >= 0.3 is 0 Å². The molecule has 1 unspecified atom stereocenters. The largest absolute Gasteiger partial charge is 0.355 e. The van der Waals surface area contributed by atoms with Crippen molar-refractivity contribution in [3.05, 3.63) is 0 Å². The number of nitrogens with zero attached hydrogens (tertiary/aromatic N) is 1. The van der Waals surface area contributed by atoms with Crippen molar-refractivity contribution in [1.29, 1.82) is 0 Å². The summed E-state index contributed by atoms with van der Waals surface area (Å²) >= 11 is 0. The van der Waals surface area contributed by atoms with E-state index in [2.05, 4.69) is 24.1 Å². The monoisotopic (exact) mass is 249 g/mol. The lowest BCUT2D eigenvalue weighted by atomic mass is 9.90. The third-order valence-electron chi connectivity index (χ3n) is 3.07. The second-order valence-electron chi connectivity index (χ2n) is 4.83. The molecule has 0 spiro atoms. The molecule has 1 saturated heterocycles. The Bertz CT molecular complexity index is 225. The number of carbonyl (C=O) groups excluding carboxylic acids is 1. The maximum Gasteiger partial charge on any atom is 0.234 e. The summed E-state index contributed by atoms with van der Waals surface area (Å²) in [4.78, 5) is 13.7. The van der Waals surface area contributed by atoms with Gasteiger partial charge in [0, 0.05) is 13.1 Å². The van der Waals surface area contributed by atoms with Crippen molar-refractivity contribution in [3.8, 4) is 0 Å². The van der Waals surface area contributed by atoms with Crippen molar-refractivity contribution < 1.29 is 4.79 Å². The summed E-state index contributed by atoms with van der Waals surface area (Å²) in [5.41, 5.74) is 5.93. The van der Waals surface area contributed by atoms with Gasteiger partial charge in [0.2, 0.25) is 5.91 Å². The maximum atomic E-state index is 11.5. The summed E-state index contributed by atoms with van der Waals surface area (Å²) in [6, 6.07) is 0. The Morgan fingerprint density at radius 3 is 2.75 bits per heavy atom. The van der Waals surface area contributed by atoms with Crippen LogP contribution in [0.1, 0.15) is 26.7 Å². The Kier molecular flexibility index (Phi) is 6.95. The Hall–Kier alpha value is -0.320. The average molecular weight is 250 g/mol. The number of nitrogens with two attached hydrogens (primary N) is 1. The van der Waals surface area contributed by atoms with Crippen molar-refractivity contribution >= 4 is 18.3 Å². The lowest BCUT2D eigenvalue weighted by molar-refractivity contribution is -0.122. The zero-order valence-electron chi connectivity index (χ0n) is 10.3. The van der Waals surface area contributed by atoms with Crippen LogP contribution >= 0.6 is 12.4 Å². The number of rotatable bonds is 5. The fourth-order valence-corrected chi connectivity index (χ4v) is 1.95. The van der Waals surface area contributed by atoms with E-state index in [9.17, 15) is 4.79 Å². The topological polar surface area (TPSA) is 58.4 Å². The summed E-state index contributed by atoms with van der Waals surface area (Å²) < 4.78 is 0. The van der Waals surface area contributed by atoms with Crippen LogP contribution in [-0.4, -0.2) is 43.5 Å². The Labute approximate surface area is 104 Å². The molecule has 1 amide bonds. The number of carbonyl (C=O) groups is 1. The number of amides is 1. The van der Waals surface area contributed by atoms with Crippen LogP contribution in [0.4, 0.5) is 0 Å². The predicted molar refractivity (Wildman–Crippen MR) is 68.8 cm³/mol. The lowest BCUT2D eigenvalue weighted by Gasteiger charge is -2.22. The van der Waals surface area contributed by atoms with Crippen LogP contribution in [0.5, 0.6) is 0 Å².